The summed E-state index contributed by atoms with van der Waals surface area (Å²) in [4.78, 5) is 11.3. The van der Waals surface area contributed by atoms with Crippen LogP contribution in [0.25, 0.3) is 5.69 Å². The minimum absolute atomic E-state index is 0.0359. The van der Waals surface area contributed by atoms with Crippen LogP contribution in [0.1, 0.15) is 0 Å². The van der Waals surface area contributed by atoms with E-state index in [0.717, 1.165) is 6.20 Å². The second kappa shape index (κ2) is 3.49. The molecule has 0 atom stereocenters. The molecule has 0 aliphatic heterocycles. The van der Waals surface area contributed by atoms with Crippen molar-refractivity contribution in [3.8, 4) is 5.69 Å². The molecule has 0 unspecified atom stereocenters. The lowest BCUT2D eigenvalue weighted by Gasteiger charge is -2.04. The number of hydrogen-bond acceptors (Lipinski definition) is 4. The smallest absolute Gasteiger partial charge is 0.276 e. The summed E-state index contributed by atoms with van der Waals surface area (Å²) < 4.78 is 14.3. The Morgan fingerprint density at radius 1 is 1.33 bits per heavy atom. The third kappa shape index (κ3) is 1.69. The van der Waals surface area contributed by atoms with Crippen LogP contribution in [-0.4, -0.2) is 14.8 Å². The molecule has 0 bridgehead atoms. The normalized spacial score (nSPS) is 10.2. The van der Waals surface area contributed by atoms with Gasteiger partial charge in [0.1, 0.15) is 18.3 Å². The van der Waals surface area contributed by atoms with E-state index in [1.807, 2.05) is 0 Å². The summed E-state index contributed by atoms with van der Waals surface area (Å²) in [5.41, 5.74) is 5.33. The molecule has 0 radical (unpaired) electrons. The maximum Gasteiger partial charge on any atom is 0.276 e. The second-order valence-electron chi connectivity index (χ2n) is 2.89. The zero-order valence-corrected chi connectivity index (χ0v) is 7.59. The maximum absolute atomic E-state index is 13.1. The molecular weight excluding hydrogens is 199 g/mol. The standard InChI is InChI=1S/C9H7FN4O/c10-7-3-6(1-2-8(7)11)14-5-13-12-4-9(14)15/h1-5H,11H2. The van der Waals surface area contributed by atoms with Gasteiger partial charge in [-0.2, -0.15) is 5.10 Å². The first-order valence-corrected chi connectivity index (χ1v) is 4.13. The fourth-order valence-corrected chi connectivity index (χ4v) is 1.14. The highest BCUT2D eigenvalue weighted by Gasteiger charge is 2.03. The Morgan fingerprint density at radius 3 is 2.80 bits per heavy atom. The van der Waals surface area contributed by atoms with Gasteiger partial charge in [0, 0.05) is 6.07 Å². The van der Waals surface area contributed by atoms with Gasteiger partial charge >= 0.3 is 0 Å². The van der Waals surface area contributed by atoms with E-state index in [1.165, 1.54) is 29.1 Å². The molecule has 76 valence electrons. The van der Waals surface area contributed by atoms with Crippen molar-refractivity contribution in [2.75, 3.05) is 5.73 Å². The van der Waals surface area contributed by atoms with Crippen LogP contribution in [0, 0.1) is 5.82 Å². The van der Waals surface area contributed by atoms with Crippen LogP contribution in [0.5, 0.6) is 0 Å². The van der Waals surface area contributed by atoms with Gasteiger partial charge in [-0.3, -0.25) is 9.36 Å². The van der Waals surface area contributed by atoms with Gasteiger partial charge in [-0.15, -0.1) is 5.10 Å². The fraction of sp³-hybridized carbons (Fsp3) is 0. The number of hydrogen-bond donors (Lipinski definition) is 1. The molecule has 15 heavy (non-hydrogen) atoms. The first-order valence-electron chi connectivity index (χ1n) is 4.13. The highest BCUT2D eigenvalue weighted by molar-refractivity contribution is 5.46. The Morgan fingerprint density at radius 2 is 2.13 bits per heavy atom. The summed E-state index contributed by atoms with van der Waals surface area (Å²) in [6.45, 7) is 0. The zero-order valence-electron chi connectivity index (χ0n) is 7.59. The Kier molecular flexibility index (Phi) is 2.17. The summed E-state index contributed by atoms with van der Waals surface area (Å²) >= 11 is 0. The molecule has 2 N–H and O–H groups in total. The third-order valence-corrected chi connectivity index (χ3v) is 1.90. The monoisotopic (exact) mass is 206 g/mol. The molecule has 2 aromatic rings. The average molecular weight is 206 g/mol. The molecule has 0 saturated heterocycles. The van der Waals surface area contributed by atoms with Crippen molar-refractivity contribution in [1.82, 2.24) is 14.8 Å². The molecule has 6 heteroatoms. The summed E-state index contributed by atoms with van der Waals surface area (Å²) in [6.07, 6.45) is 2.27. The highest BCUT2D eigenvalue weighted by atomic mass is 19.1. The van der Waals surface area contributed by atoms with Crippen molar-refractivity contribution >= 4 is 5.69 Å². The van der Waals surface area contributed by atoms with E-state index in [2.05, 4.69) is 10.2 Å². The van der Waals surface area contributed by atoms with Gasteiger partial charge in [0.2, 0.25) is 0 Å². The average Bonchev–Trinajstić information content (AvgIpc) is 2.23. The molecule has 0 spiro atoms. The topological polar surface area (TPSA) is 73.8 Å². The van der Waals surface area contributed by atoms with Crippen molar-refractivity contribution < 1.29 is 4.39 Å². The first-order chi connectivity index (χ1) is 7.18. The van der Waals surface area contributed by atoms with E-state index < -0.39 is 5.82 Å². The fourth-order valence-electron chi connectivity index (χ4n) is 1.14. The van der Waals surface area contributed by atoms with Crippen molar-refractivity contribution in [2.45, 2.75) is 0 Å². The van der Waals surface area contributed by atoms with Gasteiger partial charge in [-0.05, 0) is 12.1 Å². The number of rotatable bonds is 1. The van der Waals surface area contributed by atoms with Crippen LogP contribution in [-0.2, 0) is 0 Å². The molecule has 1 heterocycles. The van der Waals surface area contributed by atoms with E-state index in [4.69, 9.17) is 5.73 Å². The van der Waals surface area contributed by atoms with Gasteiger partial charge in [-0.25, -0.2) is 4.39 Å². The van der Waals surface area contributed by atoms with Gasteiger partial charge in [0.25, 0.3) is 5.56 Å². The number of halogens is 1. The molecule has 1 aromatic carbocycles. The van der Waals surface area contributed by atoms with E-state index in [0.29, 0.717) is 5.69 Å². The van der Waals surface area contributed by atoms with Crippen molar-refractivity contribution in [3.63, 3.8) is 0 Å². The lowest BCUT2D eigenvalue weighted by Crippen LogP contribution is -2.18. The molecule has 1 aromatic heterocycles. The number of benzene rings is 1. The first kappa shape index (κ1) is 9.32. The molecule has 0 saturated carbocycles. The summed E-state index contributed by atoms with van der Waals surface area (Å²) in [5.74, 6) is -0.573. The molecule has 0 amide bonds. The predicted molar refractivity (Wildman–Crippen MR) is 52.0 cm³/mol. The molecule has 0 aliphatic rings. The molecule has 0 aliphatic carbocycles. The Labute approximate surface area is 84.0 Å². The Hall–Kier alpha value is -2.24. The van der Waals surface area contributed by atoms with Gasteiger partial charge < -0.3 is 5.73 Å². The lowest BCUT2D eigenvalue weighted by molar-refractivity contribution is 0.630. The predicted octanol–water partition coefficient (Wildman–Crippen LogP) is 0.349. The Balaban J connectivity index is 2.60. The van der Waals surface area contributed by atoms with Gasteiger partial charge in [0.15, 0.2) is 0 Å². The van der Waals surface area contributed by atoms with Crippen LogP contribution in [0.2, 0.25) is 0 Å². The van der Waals surface area contributed by atoms with Crippen LogP contribution in [0.3, 0.4) is 0 Å². The van der Waals surface area contributed by atoms with Crippen molar-refractivity contribution in [1.29, 1.82) is 0 Å². The van der Waals surface area contributed by atoms with Crippen molar-refractivity contribution in [3.05, 3.63) is 46.9 Å². The van der Waals surface area contributed by atoms with E-state index in [-0.39, 0.29) is 11.2 Å². The number of nitrogens with two attached hydrogens (primary N) is 1. The molecular formula is C9H7FN4O. The minimum Gasteiger partial charge on any atom is -0.396 e. The number of anilines is 1. The Bertz CT molecular complexity index is 552. The largest absolute Gasteiger partial charge is 0.396 e. The van der Waals surface area contributed by atoms with Crippen LogP contribution in [0.4, 0.5) is 10.1 Å². The quantitative estimate of drug-likeness (QED) is 0.683. The molecule has 5 nitrogen and oxygen atoms in total. The van der Waals surface area contributed by atoms with Gasteiger partial charge in [-0.1, -0.05) is 0 Å². The lowest BCUT2D eigenvalue weighted by atomic mass is 10.2. The third-order valence-electron chi connectivity index (χ3n) is 1.90. The van der Waals surface area contributed by atoms with E-state index in [9.17, 15) is 9.18 Å². The van der Waals surface area contributed by atoms with Gasteiger partial charge in [0.05, 0.1) is 11.4 Å². The summed E-state index contributed by atoms with van der Waals surface area (Å²) in [5, 5.41) is 6.94. The maximum atomic E-state index is 13.1. The molecule has 2 rings (SSSR count). The second-order valence-corrected chi connectivity index (χ2v) is 2.89. The van der Waals surface area contributed by atoms with Crippen LogP contribution >= 0.6 is 0 Å². The van der Waals surface area contributed by atoms with Crippen LogP contribution in [0.15, 0.2) is 35.5 Å². The SMILES string of the molecule is Nc1ccc(-n2cnncc2=O)cc1F. The molecule has 0 fully saturated rings. The number of nitrogens with zero attached hydrogens (tertiary/aromatic N) is 3. The number of nitrogen functional groups attached to an aromatic ring is 1. The minimum atomic E-state index is -0.573. The summed E-state index contributed by atoms with van der Waals surface area (Å²) in [7, 11) is 0. The number of aromatic nitrogens is 3. The van der Waals surface area contributed by atoms with E-state index >= 15 is 0 Å². The van der Waals surface area contributed by atoms with E-state index in [1.54, 1.807) is 0 Å². The van der Waals surface area contributed by atoms with Crippen molar-refractivity contribution in [2.24, 2.45) is 0 Å². The summed E-state index contributed by atoms with van der Waals surface area (Å²) in [6, 6.07) is 4.08. The van der Waals surface area contributed by atoms with Crippen LogP contribution < -0.4 is 11.3 Å². The highest BCUT2D eigenvalue weighted by Crippen LogP contribution is 2.13. The zero-order chi connectivity index (χ0) is 10.8.